The van der Waals surface area contributed by atoms with Crippen LogP contribution in [0.25, 0.3) is 0 Å². The number of aliphatic carboxylic acids is 1. The fraction of sp³-hybridized carbons (Fsp3) is 0.538. The van der Waals surface area contributed by atoms with Crippen LogP contribution >= 0.6 is 11.3 Å². The van der Waals surface area contributed by atoms with E-state index < -0.39 is 12.0 Å². The van der Waals surface area contributed by atoms with E-state index in [4.69, 9.17) is 4.74 Å². The molecule has 1 atom stereocenters. The molecule has 0 saturated carbocycles. The highest BCUT2D eigenvalue weighted by atomic mass is 32.1. The van der Waals surface area contributed by atoms with Crippen molar-refractivity contribution in [1.29, 1.82) is 0 Å². The molecule has 0 bridgehead atoms. The van der Waals surface area contributed by atoms with E-state index in [9.17, 15) is 14.7 Å². The Morgan fingerprint density at radius 1 is 1.47 bits per heavy atom. The van der Waals surface area contributed by atoms with Gasteiger partial charge < -0.3 is 9.84 Å². The highest BCUT2D eigenvalue weighted by molar-refractivity contribution is 7.08. The third-order valence-corrected chi connectivity index (χ3v) is 4.22. The summed E-state index contributed by atoms with van der Waals surface area (Å²) in [5.74, 6) is -1.13. The molecular weight excluding hydrogens is 266 g/mol. The van der Waals surface area contributed by atoms with Crippen LogP contribution in [0.15, 0.2) is 16.8 Å². The van der Waals surface area contributed by atoms with Crippen LogP contribution in [0.5, 0.6) is 0 Å². The van der Waals surface area contributed by atoms with E-state index in [0.717, 1.165) is 5.56 Å². The summed E-state index contributed by atoms with van der Waals surface area (Å²) in [4.78, 5) is 24.8. The molecule has 1 aromatic heterocycles. The number of rotatable bonds is 4. The Morgan fingerprint density at radius 2 is 2.16 bits per heavy atom. The molecular formula is C13H17NO4S. The van der Waals surface area contributed by atoms with Gasteiger partial charge in [-0.05, 0) is 35.2 Å². The summed E-state index contributed by atoms with van der Waals surface area (Å²) in [6, 6.07) is 1.24. The third kappa shape index (κ3) is 3.13. The van der Waals surface area contributed by atoms with Crippen LogP contribution in [-0.2, 0) is 14.3 Å². The van der Waals surface area contributed by atoms with E-state index in [1.54, 1.807) is 0 Å². The number of nitrogens with zero attached hydrogens (tertiary/aromatic N) is 1. The molecule has 0 aliphatic carbocycles. The third-order valence-electron chi connectivity index (χ3n) is 3.52. The minimum atomic E-state index is -0.838. The number of methoxy groups -OCH3 is 1. The van der Waals surface area contributed by atoms with Crippen LogP contribution in [0.2, 0.25) is 0 Å². The number of esters is 1. The molecule has 0 spiro atoms. The van der Waals surface area contributed by atoms with Crippen LogP contribution in [0.1, 0.15) is 24.4 Å². The van der Waals surface area contributed by atoms with E-state index in [-0.39, 0.29) is 11.9 Å². The Balaban J connectivity index is 2.02. The molecule has 0 amide bonds. The number of carboxylic acids is 1. The van der Waals surface area contributed by atoms with Gasteiger partial charge in [0.2, 0.25) is 0 Å². The van der Waals surface area contributed by atoms with Gasteiger partial charge in [-0.15, -0.1) is 0 Å². The predicted molar refractivity (Wildman–Crippen MR) is 71.0 cm³/mol. The lowest BCUT2D eigenvalue weighted by atomic mass is 9.95. The summed E-state index contributed by atoms with van der Waals surface area (Å²) in [5, 5.41) is 13.1. The lowest BCUT2D eigenvalue weighted by Crippen LogP contribution is -2.41. The highest BCUT2D eigenvalue weighted by Gasteiger charge is 2.33. The van der Waals surface area contributed by atoms with Crippen molar-refractivity contribution in [3.05, 3.63) is 22.4 Å². The number of ether oxygens (including phenoxy) is 1. The predicted octanol–water partition coefficient (Wildman–Crippen LogP) is 1.76. The van der Waals surface area contributed by atoms with E-state index in [1.165, 1.54) is 18.4 Å². The fourth-order valence-corrected chi connectivity index (χ4v) is 3.18. The largest absolute Gasteiger partial charge is 0.480 e. The van der Waals surface area contributed by atoms with Crippen molar-refractivity contribution in [3.8, 4) is 0 Å². The van der Waals surface area contributed by atoms with Crippen molar-refractivity contribution in [2.24, 2.45) is 5.92 Å². The van der Waals surface area contributed by atoms with Gasteiger partial charge in [-0.3, -0.25) is 14.5 Å². The number of carbonyl (C=O) groups excluding carboxylic acids is 1. The smallest absolute Gasteiger partial charge is 0.325 e. The van der Waals surface area contributed by atoms with Gasteiger partial charge >= 0.3 is 11.9 Å². The monoisotopic (exact) mass is 283 g/mol. The summed E-state index contributed by atoms with van der Waals surface area (Å²) in [5.41, 5.74) is 0.814. The second-order valence-corrected chi connectivity index (χ2v) is 5.41. The number of likely N-dealkylation sites (tertiary alicyclic amines) is 1. The zero-order chi connectivity index (χ0) is 13.8. The van der Waals surface area contributed by atoms with Crippen molar-refractivity contribution < 1.29 is 19.4 Å². The molecule has 1 fully saturated rings. The van der Waals surface area contributed by atoms with Crippen LogP contribution in [0.3, 0.4) is 0 Å². The summed E-state index contributed by atoms with van der Waals surface area (Å²) in [6.07, 6.45) is 1.31. The maximum absolute atomic E-state index is 11.5. The van der Waals surface area contributed by atoms with E-state index in [2.05, 4.69) is 0 Å². The lowest BCUT2D eigenvalue weighted by molar-refractivity contribution is -0.148. The van der Waals surface area contributed by atoms with Crippen LogP contribution in [0, 0.1) is 5.92 Å². The van der Waals surface area contributed by atoms with Crippen LogP contribution in [0.4, 0.5) is 0 Å². The quantitative estimate of drug-likeness (QED) is 0.853. The van der Waals surface area contributed by atoms with Gasteiger partial charge in [-0.25, -0.2) is 0 Å². The number of piperidine rings is 1. The van der Waals surface area contributed by atoms with Gasteiger partial charge in [0.25, 0.3) is 0 Å². The Bertz CT molecular complexity index is 438. The van der Waals surface area contributed by atoms with E-state index in [0.29, 0.717) is 25.9 Å². The van der Waals surface area contributed by atoms with E-state index >= 15 is 0 Å². The molecule has 1 N–H and O–H groups in total. The number of hydrogen-bond acceptors (Lipinski definition) is 5. The minimum Gasteiger partial charge on any atom is -0.480 e. The second-order valence-electron chi connectivity index (χ2n) is 4.63. The molecule has 104 valence electrons. The average Bonchev–Trinajstić information content (AvgIpc) is 2.92. The topological polar surface area (TPSA) is 66.8 Å². The Hall–Kier alpha value is -1.40. The first-order valence-electron chi connectivity index (χ1n) is 6.20. The van der Waals surface area contributed by atoms with E-state index in [1.807, 2.05) is 21.7 Å². The van der Waals surface area contributed by atoms with Gasteiger partial charge in [-0.2, -0.15) is 11.3 Å². The number of carboxylic acid groups (broad SMARTS) is 1. The average molecular weight is 283 g/mol. The Labute approximate surface area is 115 Å². The van der Waals surface area contributed by atoms with Crippen molar-refractivity contribution >= 4 is 23.3 Å². The molecule has 2 heterocycles. The molecule has 19 heavy (non-hydrogen) atoms. The summed E-state index contributed by atoms with van der Waals surface area (Å²) < 4.78 is 4.73. The van der Waals surface area contributed by atoms with Gasteiger partial charge in [0.1, 0.15) is 6.04 Å². The molecule has 0 aromatic carbocycles. The molecule has 6 heteroatoms. The Morgan fingerprint density at radius 3 is 2.63 bits per heavy atom. The standard InChI is InChI=1S/C13H17NO4S/c1-18-13(17)9-2-5-14(6-3-9)11(12(15)16)10-4-7-19-8-10/h4,7-9,11H,2-3,5-6H2,1H3,(H,15,16). The normalized spacial score (nSPS) is 19.0. The first kappa shape index (κ1) is 14.0. The van der Waals surface area contributed by atoms with Crippen molar-refractivity contribution in [2.45, 2.75) is 18.9 Å². The number of carbonyl (C=O) groups is 2. The fourth-order valence-electron chi connectivity index (χ4n) is 2.50. The zero-order valence-corrected chi connectivity index (χ0v) is 11.6. The molecule has 1 aliphatic heterocycles. The first-order chi connectivity index (χ1) is 9.13. The summed E-state index contributed by atoms with van der Waals surface area (Å²) >= 11 is 1.49. The number of thiophene rings is 1. The maximum Gasteiger partial charge on any atom is 0.325 e. The number of hydrogen-bond donors (Lipinski definition) is 1. The molecule has 1 saturated heterocycles. The minimum absolute atomic E-state index is 0.0989. The summed E-state index contributed by atoms with van der Waals surface area (Å²) in [7, 11) is 1.39. The van der Waals surface area contributed by atoms with Crippen molar-refractivity contribution in [1.82, 2.24) is 4.90 Å². The second kappa shape index (κ2) is 6.16. The zero-order valence-electron chi connectivity index (χ0n) is 10.7. The lowest BCUT2D eigenvalue weighted by Gasteiger charge is -2.34. The van der Waals surface area contributed by atoms with Crippen molar-refractivity contribution in [3.63, 3.8) is 0 Å². The molecule has 2 rings (SSSR count). The van der Waals surface area contributed by atoms with Gasteiger partial charge in [0.15, 0.2) is 0 Å². The Kier molecular flexibility index (Phi) is 4.55. The summed E-state index contributed by atoms with van der Waals surface area (Å²) in [6.45, 7) is 1.21. The van der Waals surface area contributed by atoms with Crippen LogP contribution < -0.4 is 0 Å². The first-order valence-corrected chi connectivity index (χ1v) is 7.14. The molecule has 0 radical (unpaired) electrons. The SMILES string of the molecule is COC(=O)C1CCN(C(C(=O)O)c2ccsc2)CC1. The van der Waals surface area contributed by atoms with Gasteiger partial charge in [-0.1, -0.05) is 0 Å². The van der Waals surface area contributed by atoms with Crippen molar-refractivity contribution in [2.75, 3.05) is 20.2 Å². The van der Waals surface area contributed by atoms with Crippen LogP contribution in [-0.4, -0.2) is 42.1 Å². The van der Waals surface area contributed by atoms with Gasteiger partial charge in [0, 0.05) is 13.1 Å². The molecule has 1 unspecified atom stereocenters. The molecule has 1 aromatic rings. The molecule has 5 nitrogen and oxygen atoms in total. The highest BCUT2D eigenvalue weighted by Crippen LogP contribution is 2.28. The molecule has 1 aliphatic rings. The van der Waals surface area contributed by atoms with Gasteiger partial charge in [0.05, 0.1) is 13.0 Å². The maximum atomic E-state index is 11.5.